The van der Waals surface area contributed by atoms with E-state index < -0.39 is 58.0 Å². The molecule has 0 unspecified atom stereocenters. The van der Waals surface area contributed by atoms with Gasteiger partial charge < -0.3 is 33.5 Å². The Morgan fingerprint density at radius 1 is 0.852 bits per heavy atom. The lowest BCUT2D eigenvalue weighted by atomic mass is 9.79. The van der Waals surface area contributed by atoms with Crippen molar-refractivity contribution in [3.8, 4) is 11.5 Å². The van der Waals surface area contributed by atoms with E-state index in [1.54, 1.807) is 32.4 Å². The van der Waals surface area contributed by atoms with E-state index in [1.165, 1.54) is 18.3 Å². The van der Waals surface area contributed by atoms with Crippen molar-refractivity contribution < 1.29 is 41.9 Å². The highest BCUT2D eigenvalue weighted by Crippen LogP contribution is 2.48. The van der Waals surface area contributed by atoms with Gasteiger partial charge in [0.1, 0.15) is 30.7 Å². The average Bonchev–Trinajstić information content (AvgIpc) is 3.49. The minimum atomic E-state index is -3.63. The fraction of sp³-hybridized carbons (Fsp3) is 0.300. The van der Waals surface area contributed by atoms with E-state index in [9.17, 15) is 23.1 Å². The molecule has 284 valence electrons. The van der Waals surface area contributed by atoms with E-state index in [2.05, 4.69) is 4.98 Å². The maximum absolute atomic E-state index is 13.0. The number of methoxy groups -OCH3 is 2. The summed E-state index contributed by atoms with van der Waals surface area (Å²) in [5.74, 6) is 0.600. The van der Waals surface area contributed by atoms with Gasteiger partial charge >= 0.3 is 5.69 Å². The molecule has 1 aromatic heterocycles. The highest BCUT2D eigenvalue weighted by molar-refractivity contribution is 7.91. The Balaban J connectivity index is 1.29. The molecule has 6 rings (SSSR count). The fourth-order valence-electron chi connectivity index (χ4n) is 6.54. The summed E-state index contributed by atoms with van der Waals surface area (Å²) in [4.78, 5) is 27.3. The highest BCUT2D eigenvalue weighted by Gasteiger charge is 2.49. The number of sulfone groups is 1. The Hall–Kier alpha value is -5.09. The van der Waals surface area contributed by atoms with Crippen molar-refractivity contribution in [2.45, 2.75) is 42.0 Å². The SMILES string of the molecule is COc1cccc(C(OC[C@H]2O[C@@H](n3ccc(=O)[nH]c3=O)[C@H](OCOCCS(=O)(=O)c3ccc(C)cc3)[C@@H]2O)(c2ccccc2)c2ccccc2)c1OC. The van der Waals surface area contributed by atoms with Gasteiger partial charge in [0.25, 0.3) is 5.56 Å². The molecule has 5 aromatic rings. The van der Waals surface area contributed by atoms with Gasteiger partial charge in [-0.1, -0.05) is 90.5 Å². The first-order valence-electron chi connectivity index (χ1n) is 17.2. The molecule has 1 fully saturated rings. The second-order valence-electron chi connectivity index (χ2n) is 12.6. The molecule has 4 aromatic carbocycles. The van der Waals surface area contributed by atoms with E-state index in [1.807, 2.05) is 79.7 Å². The van der Waals surface area contributed by atoms with Crippen molar-refractivity contribution in [1.29, 1.82) is 0 Å². The second kappa shape index (κ2) is 16.9. The van der Waals surface area contributed by atoms with E-state index in [0.29, 0.717) is 17.1 Å². The summed E-state index contributed by atoms with van der Waals surface area (Å²) < 4.78 is 63.1. The number of aromatic amines is 1. The number of ether oxygens (including phenoxy) is 6. The van der Waals surface area contributed by atoms with Gasteiger partial charge in [0.2, 0.25) is 0 Å². The summed E-state index contributed by atoms with van der Waals surface area (Å²) in [7, 11) is -0.539. The van der Waals surface area contributed by atoms with Crippen LogP contribution in [0.2, 0.25) is 0 Å². The van der Waals surface area contributed by atoms with Crippen LogP contribution >= 0.6 is 0 Å². The molecule has 0 saturated carbocycles. The summed E-state index contributed by atoms with van der Waals surface area (Å²) >= 11 is 0. The third-order valence-corrected chi connectivity index (χ3v) is 11.0. The summed E-state index contributed by atoms with van der Waals surface area (Å²) in [5, 5.41) is 11.8. The zero-order valence-electron chi connectivity index (χ0n) is 30.0. The Labute approximate surface area is 312 Å². The first-order valence-corrected chi connectivity index (χ1v) is 18.8. The number of rotatable bonds is 16. The summed E-state index contributed by atoms with van der Waals surface area (Å²) in [6, 6.07) is 32.1. The normalized spacial score (nSPS) is 18.7. The number of aliphatic hydroxyl groups is 1. The van der Waals surface area contributed by atoms with Gasteiger partial charge in [-0.05, 0) is 36.2 Å². The number of hydrogen-bond acceptors (Lipinski definition) is 11. The number of aryl methyl sites for hydroxylation is 1. The van der Waals surface area contributed by atoms with Gasteiger partial charge in [0.05, 0.1) is 38.1 Å². The van der Waals surface area contributed by atoms with Crippen molar-refractivity contribution in [2.24, 2.45) is 0 Å². The first-order chi connectivity index (χ1) is 26.1. The smallest absolute Gasteiger partial charge is 0.330 e. The van der Waals surface area contributed by atoms with E-state index >= 15 is 0 Å². The number of hydrogen-bond donors (Lipinski definition) is 2. The summed E-state index contributed by atoms with van der Waals surface area (Å²) in [5.41, 5.74) is 0.291. The van der Waals surface area contributed by atoms with E-state index in [0.717, 1.165) is 27.3 Å². The molecule has 0 radical (unpaired) electrons. The van der Waals surface area contributed by atoms with Crippen LogP contribution in [0.25, 0.3) is 0 Å². The van der Waals surface area contributed by atoms with Gasteiger partial charge in [-0.25, -0.2) is 13.2 Å². The van der Waals surface area contributed by atoms with Crippen molar-refractivity contribution in [3.05, 3.63) is 158 Å². The topological polar surface area (TPSA) is 165 Å². The van der Waals surface area contributed by atoms with Gasteiger partial charge in [-0.15, -0.1) is 0 Å². The monoisotopic (exact) mass is 758 g/mol. The minimum absolute atomic E-state index is 0.172. The van der Waals surface area contributed by atoms with E-state index in [-0.39, 0.29) is 23.9 Å². The average molecular weight is 759 g/mol. The summed E-state index contributed by atoms with van der Waals surface area (Å²) in [6.07, 6.45) is -3.65. The number of H-pyrrole nitrogens is 1. The van der Waals surface area contributed by atoms with Crippen LogP contribution < -0.4 is 20.7 Å². The standard InChI is InChI=1S/C40H42N2O11S/c1-27-17-19-30(20-18-27)54(46,47)24-23-50-26-51-37-35(44)33(53-38(37)42-22-21-34(43)41-39(42)45)25-52-40(28-11-6-4-7-12-28,29-13-8-5-9-14-29)31-15-10-16-32(48-2)36(31)49-3/h4-22,33,35,37-38,44H,23-26H2,1-3H3,(H,41,43,45)/t33-,35-,37-,38-/m1/s1. The van der Waals surface area contributed by atoms with Crippen LogP contribution in [0.4, 0.5) is 0 Å². The maximum Gasteiger partial charge on any atom is 0.330 e. The molecule has 1 aliphatic heterocycles. The molecule has 2 heterocycles. The molecule has 0 amide bonds. The minimum Gasteiger partial charge on any atom is -0.493 e. The Kier molecular flexibility index (Phi) is 12.1. The van der Waals surface area contributed by atoms with Crippen molar-refractivity contribution in [2.75, 3.05) is 40.0 Å². The predicted octanol–water partition coefficient (Wildman–Crippen LogP) is 3.96. The third-order valence-electron chi connectivity index (χ3n) is 9.27. The fourth-order valence-corrected chi connectivity index (χ4v) is 7.67. The number of aliphatic hydroxyl groups excluding tert-OH is 1. The zero-order valence-corrected chi connectivity index (χ0v) is 30.8. The number of aromatic nitrogens is 2. The third kappa shape index (κ3) is 8.04. The maximum atomic E-state index is 13.0. The largest absolute Gasteiger partial charge is 0.493 e. The van der Waals surface area contributed by atoms with Crippen LogP contribution in [-0.4, -0.2) is 81.4 Å². The number of nitrogens with zero attached hydrogens (tertiary/aromatic N) is 1. The van der Waals surface area contributed by atoms with Crippen LogP contribution in [0, 0.1) is 6.92 Å². The summed E-state index contributed by atoms with van der Waals surface area (Å²) in [6.45, 7) is 1.00. The van der Waals surface area contributed by atoms with Gasteiger partial charge in [0.15, 0.2) is 27.6 Å². The molecule has 0 bridgehead atoms. The van der Waals surface area contributed by atoms with Crippen LogP contribution in [0.5, 0.6) is 11.5 Å². The molecule has 2 N–H and O–H groups in total. The molecular formula is C40H42N2O11S. The lowest BCUT2D eigenvalue weighted by molar-refractivity contribution is -0.138. The molecule has 1 saturated heterocycles. The molecule has 1 aliphatic rings. The van der Waals surface area contributed by atoms with Crippen molar-refractivity contribution >= 4 is 9.84 Å². The number of nitrogens with one attached hydrogen (secondary N) is 1. The zero-order chi connectivity index (χ0) is 38.3. The highest BCUT2D eigenvalue weighted by atomic mass is 32.2. The van der Waals surface area contributed by atoms with Crippen LogP contribution in [-0.2, 0) is 34.4 Å². The molecule has 14 heteroatoms. The molecule has 4 atom stereocenters. The van der Waals surface area contributed by atoms with Gasteiger partial charge in [-0.3, -0.25) is 14.3 Å². The first kappa shape index (κ1) is 38.6. The molecule has 54 heavy (non-hydrogen) atoms. The Morgan fingerprint density at radius 3 is 2.13 bits per heavy atom. The molecule has 0 aliphatic carbocycles. The predicted molar refractivity (Wildman–Crippen MR) is 198 cm³/mol. The van der Waals surface area contributed by atoms with Crippen LogP contribution in [0.15, 0.2) is 130 Å². The van der Waals surface area contributed by atoms with Gasteiger partial charge in [-0.2, -0.15) is 0 Å². The van der Waals surface area contributed by atoms with Crippen molar-refractivity contribution in [1.82, 2.24) is 9.55 Å². The number of benzene rings is 4. The lowest BCUT2D eigenvalue weighted by Gasteiger charge is -2.38. The number of para-hydroxylation sites is 1. The van der Waals surface area contributed by atoms with Crippen LogP contribution in [0.1, 0.15) is 28.5 Å². The van der Waals surface area contributed by atoms with Crippen LogP contribution in [0.3, 0.4) is 0 Å². The van der Waals surface area contributed by atoms with Gasteiger partial charge in [0, 0.05) is 17.8 Å². The Bertz CT molecular complexity index is 2190. The van der Waals surface area contributed by atoms with Crippen molar-refractivity contribution in [3.63, 3.8) is 0 Å². The van der Waals surface area contributed by atoms with E-state index in [4.69, 9.17) is 28.4 Å². The molecule has 0 spiro atoms. The molecule has 13 nitrogen and oxygen atoms in total. The molecular weight excluding hydrogens is 717 g/mol. The lowest BCUT2D eigenvalue weighted by Crippen LogP contribution is -2.41. The Morgan fingerprint density at radius 2 is 1.52 bits per heavy atom. The second-order valence-corrected chi connectivity index (χ2v) is 14.7. The quantitative estimate of drug-likeness (QED) is 0.0851.